The maximum atomic E-state index is 12.1. The van der Waals surface area contributed by atoms with Crippen molar-refractivity contribution in [3.8, 4) is 0 Å². The Labute approximate surface area is 106 Å². The van der Waals surface area contributed by atoms with Crippen molar-refractivity contribution in [2.75, 3.05) is 20.1 Å². The summed E-state index contributed by atoms with van der Waals surface area (Å²) in [6.07, 6.45) is -1.84. The topological polar surface area (TPSA) is 46.3 Å². The predicted octanol–water partition coefficient (Wildman–Crippen LogP) is 2.16. The van der Waals surface area contributed by atoms with Crippen LogP contribution in [-0.2, 0) is 4.79 Å². The van der Waals surface area contributed by atoms with Gasteiger partial charge in [0.1, 0.15) is 0 Å². The summed E-state index contributed by atoms with van der Waals surface area (Å²) >= 11 is 0. The highest BCUT2D eigenvalue weighted by Gasteiger charge is 2.31. The first-order valence-corrected chi connectivity index (χ1v) is 6.35. The van der Waals surface area contributed by atoms with E-state index in [2.05, 4.69) is 0 Å². The highest BCUT2D eigenvalue weighted by molar-refractivity contribution is 5.78. The fraction of sp³-hybridized carbons (Fsp3) is 0.917. The van der Waals surface area contributed by atoms with Crippen LogP contribution in [0.4, 0.5) is 13.2 Å². The Morgan fingerprint density at radius 1 is 1.28 bits per heavy atom. The number of nitrogens with zero attached hydrogens (tertiary/aromatic N) is 1. The van der Waals surface area contributed by atoms with E-state index in [4.69, 9.17) is 5.73 Å². The number of carbonyl (C=O) groups is 1. The van der Waals surface area contributed by atoms with Gasteiger partial charge < -0.3 is 10.6 Å². The molecule has 106 valence electrons. The normalized spacial score (nSPS) is 24.9. The van der Waals surface area contributed by atoms with Crippen molar-refractivity contribution in [2.45, 2.75) is 38.3 Å². The monoisotopic (exact) mass is 266 g/mol. The van der Waals surface area contributed by atoms with Gasteiger partial charge in [0.25, 0.3) is 0 Å². The zero-order chi connectivity index (χ0) is 13.8. The number of hydrogen-bond acceptors (Lipinski definition) is 2. The van der Waals surface area contributed by atoms with Gasteiger partial charge in [0.05, 0.1) is 6.42 Å². The maximum absolute atomic E-state index is 12.1. The lowest BCUT2D eigenvalue weighted by atomic mass is 9.81. The Morgan fingerprint density at radius 2 is 1.83 bits per heavy atom. The van der Waals surface area contributed by atoms with E-state index >= 15 is 0 Å². The molecule has 2 N–H and O–H groups in total. The minimum absolute atomic E-state index is 0.119. The summed E-state index contributed by atoms with van der Waals surface area (Å²) in [7, 11) is 1.45. The largest absolute Gasteiger partial charge is 0.390 e. The first-order valence-electron chi connectivity index (χ1n) is 6.35. The van der Waals surface area contributed by atoms with Crippen LogP contribution in [-0.4, -0.2) is 37.1 Å². The second kappa shape index (κ2) is 6.41. The zero-order valence-corrected chi connectivity index (χ0v) is 10.7. The molecule has 0 unspecified atom stereocenters. The molecule has 3 nitrogen and oxygen atoms in total. The van der Waals surface area contributed by atoms with Gasteiger partial charge >= 0.3 is 6.18 Å². The fourth-order valence-corrected chi connectivity index (χ4v) is 2.36. The van der Waals surface area contributed by atoms with E-state index in [0.29, 0.717) is 12.5 Å². The number of amides is 1. The van der Waals surface area contributed by atoms with E-state index in [-0.39, 0.29) is 18.4 Å². The lowest BCUT2D eigenvalue weighted by Gasteiger charge is -2.30. The summed E-state index contributed by atoms with van der Waals surface area (Å²) in [5, 5.41) is 0. The summed E-state index contributed by atoms with van der Waals surface area (Å²) in [6, 6.07) is 0. The fourth-order valence-electron chi connectivity index (χ4n) is 2.36. The van der Waals surface area contributed by atoms with E-state index in [1.54, 1.807) is 0 Å². The number of carbonyl (C=O) groups excluding carboxylic acids is 1. The van der Waals surface area contributed by atoms with E-state index < -0.39 is 12.6 Å². The van der Waals surface area contributed by atoms with Gasteiger partial charge in [-0.2, -0.15) is 13.2 Å². The third-order valence-electron chi connectivity index (χ3n) is 3.64. The molecule has 1 rings (SSSR count). The van der Waals surface area contributed by atoms with Crippen LogP contribution in [0.25, 0.3) is 0 Å². The second-order valence-electron chi connectivity index (χ2n) is 5.08. The molecule has 0 radical (unpaired) electrons. The molecule has 0 bridgehead atoms. The number of hydrogen-bond donors (Lipinski definition) is 1. The Balaban J connectivity index is 2.36. The number of halogens is 3. The van der Waals surface area contributed by atoms with E-state index in [9.17, 15) is 18.0 Å². The van der Waals surface area contributed by atoms with E-state index in [1.807, 2.05) is 0 Å². The van der Waals surface area contributed by atoms with Crippen molar-refractivity contribution in [3.63, 3.8) is 0 Å². The molecular weight excluding hydrogens is 245 g/mol. The molecule has 1 aliphatic rings. The molecule has 1 amide bonds. The van der Waals surface area contributed by atoms with Gasteiger partial charge in [-0.25, -0.2) is 0 Å². The van der Waals surface area contributed by atoms with Gasteiger partial charge in [-0.05, 0) is 38.1 Å². The number of nitrogens with two attached hydrogens (primary N) is 1. The second-order valence-corrected chi connectivity index (χ2v) is 5.08. The van der Waals surface area contributed by atoms with Gasteiger partial charge in [0.15, 0.2) is 0 Å². The highest BCUT2D eigenvalue weighted by atomic mass is 19.4. The van der Waals surface area contributed by atoms with Crippen LogP contribution in [0.5, 0.6) is 0 Å². The van der Waals surface area contributed by atoms with Crippen molar-refractivity contribution >= 4 is 5.91 Å². The molecule has 0 aliphatic heterocycles. The van der Waals surface area contributed by atoms with Crippen LogP contribution in [0.15, 0.2) is 0 Å². The number of rotatable bonds is 4. The summed E-state index contributed by atoms with van der Waals surface area (Å²) in [5.41, 5.74) is 5.56. The molecule has 0 aromatic rings. The van der Waals surface area contributed by atoms with Gasteiger partial charge in [0.2, 0.25) is 5.91 Å². The third kappa shape index (κ3) is 4.84. The number of alkyl halides is 3. The van der Waals surface area contributed by atoms with Crippen LogP contribution in [0.1, 0.15) is 32.1 Å². The Morgan fingerprint density at radius 3 is 2.28 bits per heavy atom. The Bertz CT molecular complexity index is 273. The van der Waals surface area contributed by atoms with Crippen LogP contribution in [0.2, 0.25) is 0 Å². The van der Waals surface area contributed by atoms with Crippen molar-refractivity contribution in [1.29, 1.82) is 0 Å². The maximum Gasteiger partial charge on any atom is 0.390 e. The molecule has 0 spiro atoms. The molecule has 0 saturated heterocycles. The first-order chi connectivity index (χ1) is 8.33. The average Bonchev–Trinajstić information content (AvgIpc) is 2.34. The summed E-state index contributed by atoms with van der Waals surface area (Å²) in [6.45, 7) is 0.379. The minimum atomic E-state index is -4.20. The van der Waals surface area contributed by atoms with Gasteiger partial charge in [0, 0.05) is 19.5 Å². The van der Waals surface area contributed by atoms with Gasteiger partial charge in [-0.3, -0.25) is 4.79 Å². The Kier molecular flexibility index (Phi) is 5.44. The quantitative estimate of drug-likeness (QED) is 0.847. The smallest absolute Gasteiger partial charge is 0.345 e. The highest BCUT2D eigenvalue weighted by Crippen LogP contribution is 2.29. The lowest BCUT2D eigenvalue weighted by molar-refractivity contribution is -0.146. The SMILES string of the molecule is CN(CCC(F)(F)F)C(=O)C1CCC(CN)CC1. The van der Waals surface area contributed by atoms with Gasteiger partial charge in [-0.15, -0.1) is 0 Å². The molecule has 1 fully saturated rings. The predicted molar refractivity (Wildman–Crippen MR) is 62.8 cm³/mol. The van der Waals surface area contributed by atoms with E-state index in [1.165, 1.54) is 11.9 Å². The lowest BCUT2D eigenvalue weighted by Crippen LogP contribution is -2.37. The van der Waals surface area contributed by atoms with Crippen LogP contribution in [0, 0.1) is 11.8 Å². The van der Waals surface area contributed by atoms with Crippen LogP contribution in [0.3, 0.4) is 0 Å². The van der Waals surface area contributed by atoms with Crippen molar-refractivity contribution < 1.29 is 18.0 Å². The molecule has 0 heterocycles. The summed E-state index contributed by atoms with van der Waals surface area (Å²) in [5.74, 6) is 0.190. The van der Waals surface area contributed by atoms with Crippen LogP contribution < -0.4 is 5.73 Å². The van der Waals surface area contributed by atoms with Crippen molar-refractivity contribution in [1.82, 2.24) is 4.90 Å². The first kappa shape index (κ1) is 15.3. The molecule has 0 aromatic carbocycles. The molecule has 6 heteroatoms. The molecule has 1 saturated carbocycles. The molecule has 1 aliphatic carbocycles. The van der Waals surface area contributed by atoms with E-state index in [0.717, 1.165) is 25.7 Å². The zero-order valence-electron chi connectivity index (χ0n) is 10.7. The molecule has 0 aromatic heterocycles. The molecule has 0 atom stereocenters. The third-order valence-corrected chi connectivity index (χ3v) is 3.64. The van der Waals surface area contributed by atoms with Crippen LogP contribution >= 0.6 is 0 Å². The molecular formula is C12H21F3N2O. The van der Waals surface area contributed by atoms with Crippen molar-refractivity contribution in [3.05, 3.63) is 0 Å². The van der Waals surface area contributed by atoms with Crippen molar-refractivity contribution in [2.24, 2.45) is 17.6 Å². The summed E-state index contributed by atoms with van der Waals surface area (Å²) in [4.78, 5) is 13.1. The minimum Gasteiger partial charge on any atom is -0.345 e. The standard InChI is InChI=1S/C12H21F3N2O/c1-17(7-6-12(13,14)15)11(18)10-4-2-9(8-16)3-5-10/h9-10H,2-8,16H2,1H3. The summed E-state index contributed by atoms with van der Waals surface area (Å²) < 4.78 is 36.2. The van der Waals surface area contributed by atoms with Gasteiger partial charge in [-0.1, -0.05) is 0 Å². The average molecular weight is 266 g/mol. The molecule has 18 heavy (non-hydrogen) atoms. The Hall–Kier alpha value is -0.780.